The number of rotatable bonds is 0. The van der Waals surface area contributed by atoms with E-state index >= 15 is 0 Å². The molecule has 2 heterocycles. The van der Waals surface area contributed by atoms with Crippen molar-refractivity contribution in [2.24, 2.45) is 0 Å². The summed E-state index contributed by atoms with van der Waals surface area (Å²) in [7, 11) is 0. The van der Waals surface area contributed by atoms with Crippen molar-refractivity contribution in [1.29, 1.82) is 0 Å². The molecule has 2 heteroatoms. The molecule has 0 fully saturated rings. The van der Waals surface area contributed by atoms with Crippen molar-refractivity contribution in [1.82, 2.24) is 0 Å². The zero-order valence-electron chi connectivity index (χ0n) is 12.1. The minimum atomic E-state index is 0.321. The van der Waals surface area contributed by atoms with Crippen LogP contribution < -0.4 is 4.81 Å². The van der Waals surface area contributed by atoms with Crippen molar-refractivity contribution in [3.63, 3.8) is 0 Å². The normalized spacial score (nSPS) is 15.5. The Morgan fingerprint density at radius 3 is 2.18 bits per heavy atom. The number of benzene rings is 3. The van der Waals surface area contributed by atoms with Gasteiger partial charge in [0.1, 0.15) is 0 Å². The van der Waals surface area contributed by atoms with Crippen molar-refractivity contribution in [3.05, 3.63) is 84.4 Å². The highest BCUT2D eigenvalue weighted by atomic mass is 15.1. The van der Waals surface area contributed by atoms with Crippen molar-refractivity contribution in [3.8, 4) is 0 Å². The molecule has 0 unspecified atom stereocenters. The van der Waals surface area contributed by atoms with Gasteiger partial charge in [0.25, 0.3) is 0 Å². The van der Waals surface area contributed by atoms with Crippen molar-refractivity contribution < 1.29 is 0 Å². The first-order chi connectivity index (χ1) is 10.9. The van der Waals surface area contributed by atoms with E-state index < -0.39 is 0 Å². The van der Waals surface area contributed by atoms with Gasteiger partial charge in [0.2, 0.25) is 0 Å². The van der Waals surface area contributed by atoms with Crippen LogP contribution in [0, 0.1) is 0 Å². The average molecular weight is 279 g/mol. The van der Waals surface area contributed by atoms with Gasteiger partial charge in [-0.25, -0.2) is 0 Å². The molecular weight excluding hydrogens is 265 g/mol. The second kappa shape index (κ2) is 4.38. The van der Waals surface area contributed by atoms with Gasteiger partial charge >= 0.3 is 6.85 Å². The summed E-state index contributed by atoms with van der Waals surface area (Å²) in [5, 5.41) is 5.31. The second-order valence-corrected chi connectivity index (χ2v) is 5.84. The Bertz CT molecular complexity index is 997. The Morgan fingerprint density at radius 2 is 1.36 bits per heavy atom. The molecule has 22 heavy (non-hydrogen) atoms. The lowest BCUT2D eigenvalue weighted by Crippen LogP contribution is -2.36. The summed E-state index contributed by atoms with van der Waals surface area (Å²) in [6.07, 6.45) is 8.71. The molecule has 0 aromatic heterocycles. The van der Waals surface area contributed by atoms with E-state index in [4.69, 9.17) is 0 Å². The molecule has 0 aliphatic carbocycles. The molecule has 0 amide bonds. The molecule has 0 saturated carbocycles. The maximum absolute atomic E-state index is 2.38. The summed E-state index contributed by atoms with van der Waals surface area (Å²) in [6.45, 7) is 0.321. The van der Waals surface area contributed by atoms with Crippen LogP contribution in [0.2, 0.25) is 0 Å². The van der Waals surface area contributed by atoms with Gasteiger partial charge < -0.3 is 4.81 Å². The topological polar surface area (TPSA) is 3.24 Å². The Morgan fingerprint density at radius 1 is 0.682 bits per heavy atom. The molecule has 2 aliphatic heterocycles. The minimum absolute atomic E-state index is 0.321. The second-order valence-electron chi connectivity index (χ2n) is 5.84. The van der Waals surface area contributed by atoms with E-state index in [2.05, 4.69) is 89.7 Å². The largest absolute Gasteiger partial charge is 0.383 e. The van der Waals surface area contributed by atoms with Crippen molar-refractivity contribution >= 4 is 40.2 Å². The third-order valence-electron chi connectivity index (χ3n) is 4.65. The molecule has 0 atom stereocenters. The number of hydrogen-bond acceptors (Lipinski definition) is 1. The first-order valence-electron chi connectivity index (χ1n) is 7.68. The molecule has 1 nitrogen and oxygen atoms in total. The van der Waals surface area contributed by atoms with Gasteiger partial charge in [-0.15, -0.1) is 0 Å². The van der Waals surface area contributed by atoms with Crippen LogP contribution in [0.25, 0.3) is 27.6 Å². The fourth-order valence-corrected chi connectivity index (χ4v) is 3.68. The van der Waals surface area contributed by atoms with Crippen molar-refractivity contribution in [2.45, 2.75) is 0 Å². The van der Waals surface area contributed by atoms with Crippen molar-refractivity contribution in [2.75, 3.05) is 4.81 Å². The lowest BCUT2D eigenvalue weighted by Gasteiger charge is -2.33. The lowest BCUT2D eigenvalue weighted by atomic mass is 9.56. The van der Waals surface area contributed by atoms with Gasteiger partial charge in [0, 0.05) is 16.6 Å². The summed E-state index contributed by atoms with van der Waals surface area (Å²) in [4.78, 5) is 2.38. The fourth-order valence-electron chi connectivity index (χ4n) is 3.68. The molecule has 102 valence electrons. The SMILES string of the molecule is C1=CB2C=Cc3c(c4ccccc4c4ccccc34)N2C=C1. The van der Waals surface area contributed by atoms with E-state index in [1.807, 2.05) is 0 Å². The Labute approximate surface area is 130 Å². The van der Waals surface area contributed by atoms with Crippen LogP contribution in [0.15, 0.2) is 78.8 Å². The van der Waals surface area contributed by atoms with Gasteiger partial charge in [-0.1, -0.05) is 72.6 Å². The van der Waals surface area contributed by atoms with Crippen LogP contribution in [-0.4, -0.2) is 6.85 Å². The van der Waals surface area contributed by atoms with Crippen LogP contribution in [0.1, 0.15) is 5.56 Å². The van der Waals surface area contributed by atoms with E-state index in [9.17, 15) is 0 Å². The molecule has 5 rings (SSSR count). The summed E-state index contributed by atoms with van der Waals surface area (Å²) >= 11 is 0. The summed E-state index contributed by atoms with van der Waals surface area (Å²) in [6, 6.07) is 17.4. The first kappa shape index (κ1) is 11.9. The smallest absolute Gasteiger partial charge is 0.312 e. The van der Waals surface area contributed by atoms with Gasteiger partial charge in [-0.05, 0) is 28.4 Å². The third kappa shape index (κ3) is 1.50. The molecule has 3 aromatic rings. The van der Waals surface area contributed by atoms with E-state index in [0.29, 0.717) is 6.85 Å². The standard InChI is InChI=1S/C20H14BN/c1-2-9-17-15(7-1)16-8-3-4-10-18(16)20-19(17)11-13-21-12-5-6-14-22(20)21/h1-14H. The Balaban J connectivity index is 2.00. The average Bonchev–Trinajstić information content (AvgIpc) is 2.61. The minimum Gasteiger partial charge on any atom is -0.383 e. The predicted molar refractivity (Wildman–Crippen MR) is 97.0 cm³/mol. The van der Waals surface area contributed by atoms with Crippen LogP contribution in [0.4, 0.5) is 5.69 Å². The van der Waals surface area contributed by atoms with Crippen LogP contribution in [-0.2, 0) is 0 Å². The van der Waals surface area contributed by atoms with Gasteiger partial charge in [-0.3, -0.25) is 0 Å². The van der Waals surface area contributed by atoms with Crippen LogP contribution in [0.3, 0.4) is 0 Å². The maximum atomic E-state index is 2.38. The highest BCUT2D eigenvalue weighted by Crippen LogP contribution is 2.42. The zero-order valence-corrected chi connectivity index (χ0v) is 12.1. The molecule has 0 radical (unpaired) electrons. The molecule has 0 saturated heterocycles. The van der Waals surface area contributed by atoms with Gasteiger partial charge in [-0.2, -0.15) is 0 Å². The Kier molecular flexibility index (Phi) is 2.36. The highest BCUT2D eigenvalue weighted by Gasteiger charge is 2.27. The van der Waals surface area contributed by atoms with Crippen LogP contribution in [0.5, 0.6) is 0 Å². The maximum Gasteiger partial charge on any atom is 0.312 e. The summed E-state index contributed by atoms with van der Waals surface area (Å²) in [5.41, 5.74) is 2.65. The molecule has 3 aromatic carbocycles. The Hall–Kier alpha value is -2.74. The van der Waals surface area contributed by atoms with Crippen LogP contribution >= 0.6 is 0 Å². The molecule has 2 aliphatic rings. The number of nitrogens with zero attached hydrogens (tertiary/aromatic N) is 1. The molecule has 0 spiro atoms. The number of hydrogen-bond donors (Lipinski definition) is 0. The number of anilines is 1. The van der Waals surface area contributed by atoms with Gasteiger partial charge in [0.05, 0.1) is 0 Å². The van der Waals surface area contributed by atoms with E-state index in [-0.39, 0.29) is 0 Å². The molecule has 0 bridgehead atoms. The zero-order chi connectivity index (χ0) is 14.5. The first-order valence-corrected chi connectivity index (χ1v) is 7.68. The highest BCUT2D eigenvalue weighted by molar-refractivity contribution is 6.75. The van der Waals surface area contributed by atoms with E-state index in [1.165, 1.54) is 32.8 Å². The molecule has 0 N–H and O–H groups in total. The predicted octanol–water partition coefficient (Wildman–Crippen LogP) is 4.98. The summed E-state index contributed by atoms with van der Waals surface area (Å²) < 4.78 is 0. The molecular formula is C20H14BN. The lowest BCUT2D eigenvalue weighted by molar-refractivity contribution is 1.39. The quantitative estimate of drug-likeness (QED) is 0.414. The number of fused-ring (bicyclic) bond motifs is 8. The van der Waals surface area contributed by atoms with E-state index in [0.717, 1.165) is 0 Å². The van der Waals surface area contributed by atoms with Gasteiger partial charge in [0.15, 0.2) is 0 Å². The monoisotopic (exact) mass is 279 g/mol. The number of allylic oxidation sites excluding steroid dienone is 2. The summed E-state index contributed by atoms with van der Waals surface area (Å²) in [5.74, 6) is 4.52. The fraction of sp³-hybridized carbons (Fsp3) is 0. The van der Waals surface area contributed by atoms with E-state index in [1.54, 1.807) is 0 Å². The third-order valence-corrected chi connectivity index (χ3v) is 4.65.